The van der Waals surface area contributed by atoms with Gasteiger partial charge in [-0.1, -0.05) is 12.1 Å². The lowest BCUT2D eigenvalue weighted by Gasteiger charge is -2.00. The molecule has 1 aromatic heterocycles. The molecule has 0 atom stereocenters. The number of aliphatic hydroxyl groups is 1. The maximum Gasteiger partial charge on any atom is 0.176 e. The van der Waals surface area contributed by atoms with Crippen LogP contribution >= 0.6 is 11.8 Å². The van der Waals surface area contributed by atoms with Crippen molar-refractivity contribution < 1.29 is 14.3 Å². The van der Waals surface area contributed by atoms with E-state index >= 15 is 0 Å². The van der Waals surface area contributed by atoms with Crippen LogP contribution in [0.3, 0.4) is 0 Å². The molecule has 3 nitrogen and oxygen atoms in total. The highest BCUT2D eigenvalue weighted by Crippen LogP contribution is 2.33. The van der Waals surface area contributed by atoms with Crippen LogP contribution in [0.15, 0.2) is 22.6 Å². The monoisotopic (exact) mass is 252 g/mol. The summed E-state index contributed by atoms with van der Waals surface area (Å²) in [5.41, 5.74) is 1.82. The summed E-state index contributed by atoms with van der Waals surface area (Å²) >= 11 is 1.78. The fourth-order valence-electron chi connectivity index (χ4n) is 1.96. The van der Waals surface area contributed by atoms with Crippen molar-refractivity contribution in [3.63, 3.8) is 0 Å². The molecule has 0 aliphatic carbocycles. The number of aliphatic hydroxyl groups excluding tert-OH is 1. The van der Waals surface area contributed by atoms with Gasteiger partial charge in [-0.05, 0) is 24.5 Å². The highest BCUT2D eigenvalue weighted by molar-refractivity contribution is 7.98. The molecule has 17 heavy (non-hydrogen) atoms. The number of hydrogen-bond acceptors (Lipinski definition) is 4. The first-order valence-electron chi connectivity index (χ1n) is 5.48. The predicted molar refractivity (Wildman–Crippen MR) is 70.8 cm³/mol. The van der Waals surface area contributed by atoms with Crippen LogP contribution < -0.4 is 4.74 Å². The van der Waals surface area contributed by atoms with Crippen LogP contribution in [-0.4, -0.2) is 24.2 Å². The molecule has 0 aliphatic heterocycles. The van der Waals surface area contributed by atoms with Gasteiger partial charge >= 0.3 is 0 Å². The van der Waals surface area contributed by atoms with E-state index in [-0.39, 0.29) is 6.61 Å². The number of rotatable bonds is 5. The van der Waals surface area contributed by atoms with E-state index in [1.54, 1.807) is 18.9 Å². The molecule has 0 radical (unpaired) electrons. The first-order valence-corrected chi connectivity index (χ1v) is 6.88. The molecule has 2 aromatic rings. The van der Waals surface area contributed by atoms with Gasteiger partial charge in [-0.15, -0.1) is 0 Å². The summed E-state index contributed by atoms with van der Waals surface area (Å²) in [6, 6.07) is 5.82. The average Bonchev–Trinajstić information content (AvgIpc) is 2.73. The highest BCUT2D eigenvalue weighted by atomic mass is 32.2. The lowest BCUT2D eigenvalue weighted by atomic mass is 10.1. The number of benzene rings is 1. The Labute approximate surface area is 105 Å². The van der Waals surface area contributed by atoms with Gasteiger partial charge in [0.25, 0.3) is 0 Å². The Kier molecular flexibility index (Phi) is 3.97. The number of aryl methyl sites for hydroxylation is 1. The minimum absolute atomic E-state index is 0.0679. The number of para-hydroxylation sites is 1. The molecule has 92 valence electrons. The molecule has 0 spiro atoms. The molecule has 0 unspecified atom stereocenters. The maximum atomic E-state index is 9.34. The summed E-state index contributed by atoms with van der Waals surface area (Å²) in [5, 5.41) is 10.4. The average molecular weight is 252 g/mol. The van der Waals surface area contributed by atoms with Crippen LogP contribution in [0.5, 0.6) is 5.75 Å². The Morgan fingerprint density at radius 2 is 2.24 bits per heavy atom. The van der Waals surface area contributed by atoms with E-state index in [9.17, 15) is 5.11 Å². The third kappa shape index (κ3) is 2.28. The second-order valence-corrected chi connectivity index (χ2v) is 4.73. The number of hydrogen-bond donors (Lipinski definition) is 1. The summed E-state index contributed by atoms with van der Waals surface area (Å²) in [6.45, 7) is -0.0679. The van der Waals surface area contributed by atoms with Gasteiger partial charge in [-0.3, -0.25) is 0 Å². The molecule has 0 saturated carbocycles. The lowest BCUT2D eigenvalue weighted by Crippen LogP contribution is -1.92. The first kappa shape index (κ1) is 12.3. The van der Waals surface area contributed by atoms with E-state index in [0.717, 1.165) is 28.7 Å². The van der Waals surface area contributed by atoms with Crippen molar-refractivity contribution >= 4 is 22.7 Å². The molecule has 1 N–H and O–H groups in total. The number of thioether (sulfide) groups is 1. The van der Waals surface area contributed by atoms with Gasteiger partial charge < -0.3 is 14.3 Å². The van der Waals surface area contributed by atoms with Gasteiger partial charge in [0, 0.05) is 10.9 Å². The molecule has 0 saturated heterocycles. The molecule has 1 aromatic carbocycles. The Hall–Kier alpha value is -1.13. The van der Waals surface area contributed by atoms with E-state index in [4.69, 9.17) is 9.15 Å². The largest absolute Gasteiger partial charge is 0.493 e. The van der Waals surface area contributed by atoms with Crippen LogP contribution in [0.2, 0.25) is 0 Å². The quantitative estimate of drug-likeness (QED) is 0.888. The third-order valence-electron chi connectivity index (χ3n) is 2.79. The lowest BCUT2D eigenvalue weighted by molar-refractivity contribution is 0.248. The topological polar surface area (TPSA) is 42.6 Å². The normalized spacial score (nSPS) is 11.0. The second-order valence-electron chi connectivity index (χ2n) is 3.74. The molecular weight excluding hydrogens is 236 g/mol. The minimum atomic E-state index is -0.0679. The molecule has 0 amide bonds. The predicted octanol–water partition coefficient (Wildman–Crippen LogP) is 2.84. The van der Waals surface area contributed by atoms with E-state index in [2.05, 4.69) is 6.26 Å². The molecule has 2 rings (SSSR count). The van der Waals surface area contributed by atoms with Gasteiger partial charge in [-0.25, -0.2) is 0 Å². The van der Waals surface area contributed by atoms with Crippen molar-refractivity contribution in [1.82, 2.24) is 0 Å². The zero-order valence-electron chi connectivity index (χ0n) is 10.0. The van der Waals surface area contributed by atoms with Gasteiger partial charge in [-0.2, -0.15) is 11.8 Å². The summed E-state index contributed by atoms with van der Waals surface area (Å²) < 4.78 is 10.9. The summed E-state index contributed by atoms with van der Waals surface area (Å²) in [7, 11) is 1.62. The number of methoxy groups -OCH3 is 1. The Morgan fingerprint density at radius 1 is 1.41 bits per heavy atom. The molecular formula is C13H16O3S. The fourth-order valence-corrected chi connectivity index (χ4v) is 2.37. The van der Waals surface area contributed by atoms with E-state index in [1.807, 2.05) is 18.2 Å². The third-order valence-corrected chi connectivity index (χ3v) is 3.40. The van der Waals surface area contributed by atoms with Crippen molar-refractivity contribution in [2.45, 2.75) is 13.0 Å². The van der Waals surface area contributed by atoms with Crippen LogP contribution in [0.1, 0.15) is 11.3 Å². The fraction of sp³-hybridized carbons (Fsp3) is 0.385. The van der Waals surface area contributed by atoms with Gasteiger partial charge in [0.05, 0.1) is 7.11 Å². The molecule has 1 heterocycles. The van der Waals surface area contributed by atoms with Crippen LogP contribution in [-0.2, 0) is 13.0 Å². The molecule has 0 aliphatic rings. The van der Waals surface area contributed by atoms with E-state index in [1.165, 1.54) is 0 Å². The number of furan rings is 1. The van der Waals surface area contributed by atoms with Gasteiger partial charge in [0.2, 0.25) is 0 Å². The van der Waals surface area contributed by atoms with E-state index < -0.39 is 0 Å². The zero-order valence-corrected chi connectivity index (χ0v) is 10.8. The van der Waals surface area contributed by atoms with Crippen LogP contribution in [0, 0.1) is 0 Å². The summed E-state index contributed by atoms with van der Waals surface area (Å²) in [4.78, 5) is 0. The van der Waals surface area contributed by atoms with Crippen molar-refractivity contribution in [2.75, 3.05) is 19.1 Å². The molecule has 4 heteroatoms. The van der Waals surface area contributed by atoms with Crippen molar-refractivity contribution in [1.29, 1.82) is 0 Å². The highest BCUT2D eigenvalue weighted by Gasteiger charge is 2.15. The zero-order chi connectivity index (χ0) is 12.3. The van der Waals surface area contributed by atoms with Crippen molar-refractivity contribution in [3.05, 3.63) is 29.5 Å². The Balaban J connectivity index is 2.55. The Morgan fingerprint density at radius 3 is 2.88 bits per heavy atom. The molecule has 0 fully saturated rings. The first-order chi connectivity index (χ1) is 8.31. The van der Waals surface area contributed by atoms with Crippen molar-refractivity contribution in [3.8, 4) is 5.75 Å². The summed E-state index contributed by atoms with van der Waals surface area (Å²) in [5.74, 6) is 2.38. The van der Waals surface area contributed by atoms with Gasteiger partial charge in [0.1, 0.15) is 12.4 Å². The standard InChI is InChI=1S/C13H16O3S/c1-15-11-5-3-4-10-9(6-7-17-2)12(8-14)16-13(10)11/h3-5,14H,6-8H2,1-2H3. The Bertz CT molecular complexity index is 505. The number of ether oxygens (including phenoxy) is 1. The smallest absolute Gasteiger partial charge is 0.176 e. The SMILES string of the molecule is COc1cccc2c(CCSC)c(CO)oc12. The summed E-state index contributed by atoms with van der Waals surface area (Å²) in [6.07, 6.45) is 2.97. The maximum absolute atomic E-state index is 9.34. The second kappa shape index (κ2) is 5.47. The number of fused-ring (bicyclic) bond motifs is 1. The minimum Gasteiger partial charge on any atom is -0.493 e. The van der Waals surface area contributed by atoms with E-state index in [0.29, 0.717) is 11.5 Å². The van der Waals surface area contributed by atoms with Crippen molar-refractivity contribution in [2.24, 2.45) is 0 Å². The van der Waals surface area contributed by atoms with Gasteiger partial charge in [0.15, 0.2) is 11.3 Å². The van der Waals surface area contributed by atoms with Crippen LogP contribution in [0.4, 0.5) is 0 Å². The van der Waals surface area contributed by atoms with Crippen LogP contribution in [0.25, 0.3) is 11.0 Å². The molecule has 0 bridgehead atoms.